The minimum atomic E-state index is -1.43. The van der Waals surface area contributed by atoms with Crippen molar-refractivity contribution in [2.75, 3.05) is 27.4 Å². The number of rotatable bonds is 12. The molecule has 0 radical (unpaired) electrons. The average Bonchev–Trinajstić information content (AvgIpc) is 3.26. The number of aliphatic hydroxyl groups excluding tert-OH is 8. The molecule has 2 fully saturated rings. The predicted molar refractivity (Wildman–Crippen MR) is 205 cm³/mol. The maximum atomic E-state index is 11.6. The molecule has 4 aromatic carbocycles. The maximum Gasteiger partial charge on any atom is 0.337 e. The monoisotopic (exact) mass is 807 g/mol. The van der Waals surface area contributed by atoms with Gasteiger partial charge in [0.1, 0.15) is 85.8 Å². The average molecular weight is 808 g/mol. The Kier molecular flexibility index (Phi) is 15.7. The lowest BCUT2D eigenvalue weighted by Gasteiger charge is -2.40. The highest BCUT2D eigenvalue weighted by Crippen LogP contribution is 2.34. The van der Waals surface area contributed by atoms with Crippen molar-refractivity contribution in [2.45, 2.75) is 74.3 Å². The number of esters is 1. The highest BCUT2D eigenvalue weighted by Gasteiger charge is 2.45. The van der Waals surface area contributed by atoms with Gasteiger partial charge >= 0.3 is 5.97 Å². The zero-order valence-corrected chi connectivity index (χ0v) is 31.8. The fourth-order valence-electron chi connectivity index (χ4n) is 6.46. The Morgan fingerprint density at radius 2 is 1.00 bits per heavy atom. The summed E-state index contributed by atoms with van der Waals surface area (Å²) in [6, 6.07) is 27.4. The molecular weight excluding hydrogens is 758 g/mol. The Morgan fingerprint density at radius 1 is 0.586 bits per heavy atom. The number of amides is 1. The second-order valence-corrected chi connectivity index (χ2v) is 13.7. The van der Waals surface area contributed by atoms with Crippen LogP contribution in [-0.4, -0.2) is 129 Å². The van der Waals surface area contributed by atoms with Gasteiger partial charge in [0.15, 0.2) is 0 Å². The van der Waals surface area contributed by atoms with E-state index in [1.807, 2.05) is 12.1 Å². The molecule has 0 aliphatic carbocycles. The third-order valence-corrected chi connectivity index (χ3v) is 9.77. The van der Waals surface area contributed by atoms with E-state index in [9.17, 15) is 50.4 Å². The largest absolute Gasteiger partial charge is 0.489 e. The van der Waals surface area contributed by atoms with Crippen LogP contribution in [0.5, 0.6) is 11.5 Å². The molecule has 4 aromatic rings. The van der Waals surface area contributed by atoms with Crippen molar-refractivity contribution in [1.29, 1.82) is 0 Å². The molecule has 10 atom stereocenters. The van der Waals surface area contributed by atoms with Gasteiger partial charge in [-0.05, 0) is 82.9 Å². The first-order valence-electron chi connectivity index (χ1n) is 18.4. The van der Waals surface area contributed by atoms with E-state index in [2.05, 4.69) is 10.1 Å². The molecule has 0 saturated carbocycles. The number of methoxy groups -OCH3 is 1. The van der Waals surface area contributed by atoms with Crippen LogP contribution < -0.4 is 14.8 Å². The lowest BCUT2D eigenvalue weighted by atomic mass is 9.91. The van der Waals surface area contributed by atoms with Crippen LogP contribution in [0.15, 0.2) is 97.1 Å². The van der Waals surface area contributed by atoms with Crippen LogP contribution in [0.2, 0.25) is 0 Å². The molecule has 1 amide bonds. The third-order valence-electron chi connectivity index (χ3n) is 9.77. The van der Waals surface area contributed by atoms with Crippen molar-refractivity contribution in [3.05, 3.63) is 130 Å². The topological polar surface area (TPSA) is 254 Å². The molecule has 0 spiro atoms. The van der Waals surface area contributed by atoms with E-state index >= 15 is 0 Å². The molecule has 2 unspecified atom stereocenters. The van der Waals surface area contributed by atoms with Gasteiger partial charge in [-0.1, -0.05) is 36.4 Å². The summed E-state index contributed by atoms with van der Waals surface area (Å²) in [5, 5.41) is 81.6. The summed E-state index contributed by atoms with van der Waals surface area (Å²) in [5.41, 5.74) is 3.72. The SMILES string of the molecule is CNC(=O)c1ccc(OCc2cccc(C3O[C@H](CO)[C@@H](O)[C@H](O)[C@@H]3O)c2)cc1.COC(=O)c1ccc(OCc2cccc(C3O[C@H](CO)[C@@H](O)[C@H](O)[C@@H]3O)c2)cc1. The first-order valence-corrected chi connectivity index (χ1v) is 18.4. The number of hydrogen-bond donors (Lipinski definition) is 9. The summed E-state index contributed by atoms with van der Waals surface area (Å²) in [7, 11) is 2.88. The molecule has 16 heteroatoms. The Hall–Kier alpha value is -4.98. The molecule has 0 bridgehead atoms. The molecule has 2 saturated heterocycles. The van der Waals surface area contributed by atoms with E-state index in [1.165, 1.54) is 7.11 Å². The molecule has 2 heterocycles. The van der Waals surface area contributed by atoms with E-state index in [0.717, 1.165) is 11.1 Å². The van der Waals surface area contributed by atoms with E-state index in [4.69, 9.17) is 18.9 Å². The third kappa shape index (κ3) is 10.7. The van der Waals surface area contributed by atoms with Gasteiger partial charge in [-0.25, -0.2) is 4.79 Å². The normalized spacial score (nSPS) is 26.7. The van der Waals surface area contributed by atoms with Crippen molar-refractivity contribution in [3.63, 3.8) is 0 Å². The quantitative estimate of drug-likeness (QED) is 0.0894. The Bertz CT molecular complexity index is 1780. The summed E-state index contributed by atoms with van der Waals surface area (Å²) in [4.78, 5) is 23.0. The number of carbonyl (C=O) groups excluding carboxylic acids is 2. The number of benzene rings is 4. The van der Waals surface area contributed by atoms with Crippen LogP contribution in [0.3, 0.4) is 0 Å². The standard InChI is InChI=1S/C21H25NO7.C21H24O8/c1-22-21(27)13-5-7-15(8-6-13)28-11-12-3-2-4-14(9-12)20-19(26)18(25)17(24)16(10-23)29-20;1-27-21(26)13-5-7-15(8-6-13)28-11-12-3-2-4-14(9-12)20-19(25)18(24)17(23)16(10-22)29-20/h2-9,16-20,23-26H,10-11H2,1H3,(H,22,27);2-9,16-20,22-25H,10-11H2,1H3/t2*16-,17-,18+,19+,20?/m11/s1. The van der Waals surface area contributed by atoms with Gasteiger partial charge in [-0.15, -0.1) is 0 Å². The second-order valence-electron chi connectivity index (χ2n) is 13.7. The summed E-state index contributed by atoms with van der Waals surface area (Å²) >= 11 is 0. The van der Waals surface area contributed by atoms with Gasteiger partial charge in [-0.3, -0.25) is 4.79 Å². The fraction of sp³-hybridized carbons (Fsp3) is 0.381. The minimum Gasteiger partial charge on any atom is -0.489 e. The number of ether oxygens (including phenoxy) is 5. The van der Waals surface area contributed by atoms with Gasteiger partial charge in [0, 0.05) is 12.6 Å². The molecular formula is C42H49NO15. The van der Waals surface area contributed by atoms with Crippen LogP contribution in [0.4, 0.5) is 0 Å². The van der Waals surface area contributed by atoms with E-state index in [1.54, 1.807) is 92.0 Å². The highest BCUT2D eigenvalue weighted by atomic mass is 16.6. The Labute approximate surface area is 334 Å². The molecule has 9 N–H and O–H groups in total. The second kappa shape index (κ2) is 20.6. The molecule has 58 heavy (non-hydrogen) atoms. The summed E-state index contributed by atoms with van der Waals surface area (Å²) in [6.07, 6.45) is -12.0. The smallest absolute Gasteiger partial charge is 0.337 e. The van der Waals surface area contributed by atoms with Crippen LogP contribution in [0.1, 0.15) is 55.2 Å². The van der Waals surface area contributed by atoms with Gasteiger partial charge in [0.05, 0.1) is 25.9 Å². The van der Waals surface area contributed by atoms with Gasteiger partial charge in [-0.2, -0.15) is 0 Å². The van der Waals surface area contributed by atoms with E-state index < -0.39 is 80.2 Å². The van der Waals surface area contributed by atoms with Gasteiger partial charge in [0.25, 0.3) is 5.91 Å². The van der Waals surface area contributed by atoms with Crippen molar-refractivity contribution in [2.24, 2.45) is 0 Å². The zero-order chi connectivity index (χ0) is 41.9. The summed E-state index contributed by atoms with van der Waals surface area (Å²) in [6.45, 7) is -0.491. The zero-order valence-electron chi connectivity index (χ0n) is 31.8. The van der Waals surface area contributed by atoms with Crippen LogP contribution in [0.25, 0.3) is 0 Å². The molecule has 312 valence electrons. The Balaban J connectivity index is 0.000000221. The van der Waals surface area contributed by atoms with Crippen molar-refractivity contribution in [3.8, 4) is 11.5 Å². The van der Waals surface area contributed by atoms with Crippen molar-refractivity contribution >= 4 is 11.9 Å². The van der Waals surface area contributed by atoms with Gasteiger partial charge in [0.2, 0.25) is 0 Å². The summed E-state index contributed by atoms with van der Waals surface area (Å²) < 4.78 is 27.3. The minimum absolute atomic E-state index is 0.177. The lowest BCUT2D eigenvalue weighted by molar-refractivity contribution is -0.231. The van der Waals surface area contributed by atoms with Crippen LogP contribution >= 0.6 is 0 Å². The van der Waals surface area contributed by atoms with E-state index in [-0.39, 0.29) is 19.1 Å². The molecule has 2 aliphatic rings. The van der Waals surface area contributed by atoms with Crippen LogP contribution in [-0.2, 0) is 27.4 Å². The molecule has 16 nitrogen and oxygen atoms in total. The van der Waals surface area contributed by atoms with Gasteiger partial charge < -0.3 is 69.9 Å². The molecule has 6 rings (SSSR count). The fourth-order valence-corrected chi connectivity index (χ4v) is 6.46. The Morgan fingerprint density at radius 3 is 1.38 bits per heavy atom. The highest BCUT2D eigenvalue weighted by molar-refractivity contribution is 5.94. The first-order chi connectivity index (χ1) is 27.9. The van der Waals surface area contributed by atoms with Crippen LogP contribution in [0, 0.1) is 0 Å². The summed E-state index contributed by atoms with van der Waals surface area (Å²) in [5.74, 6) is 0.555. The van der Waals surface area contributed by atoms with Crippen molar-refractivity contribution < 1.29 is 74.1 Å². The molecule has 0 aromatic heterocycles. The molecule has 2 aliphatic heterocycles. The number of carbonyl (C=O) groups is 2. The number of nitrogens with one attached hydrogen (secondary N) is 1. The first kappa shape index (κ1) is 44.1. The predicted octanol–water partition coefficient (Wildman–Crippen LogP) is 0.707. The number of aliphatic hydroxyl groups is 8. The van der Waals surface area contributed by atoms with E-state index in [0.29, 0.717) is 33.8 Å². The number of hydrogen-bond acceptors (Lipinski definition) is 15. The lowest BCUT2D eigenvalue weighted by Crippen LogP contribution is -2.55. The maximum absolute atomic E-state index is 11.6. The van der Waals surface area contributed by atoms with Crippen molar-refractivity contribution in [1.82, 2.24) is 5.32 Å².